The van der Waals surface area contributed by atoms with Crippen LogP contribution in [-0.2, 0) is 9.47 Å². The number of carbonyl (C=O) groups excluding carboxylic acids is 1. The molecule has 0 bridgehead atoms. The summed E-state index contributed by atoms with van der Waals surface area (Å²) in [5.74, 6) is 1.37. The van der Waals surface area contributed by atoms with Gasteiger partial charge in [-0.15, -0.1) is 0 Å². The van der Waals surface area contributed by atoms with Gasteiger partial charge >= 0.3 is 0 Å². The van der Waals surface area contributed by atoms with Crippen LogP contribution in [-0.4, -0.2) is 44.4 Å². The van der Waals surface area contributed by atoms with E-state index in [1.54, 1.807) is 11.9 Å². The molecule has 0 aromatic heterocycles. The maximum Gasteiger partial charge on any atom is 0.170 e. The highest BCUT2D eigenvalue weighted by Gasteiger charge is 2.34. The third-order valence-electron chi connectivity index (χ3n) is 7.46. The molecule has 2 heterocycles. The molecule has 1 unspecified atom stereocenters. The Kier molecular flexibility index (Phi) is 10.4. The fourth-order valence-corrected chi connectivity index (χ4v) is 6.32. The molecular weight excluding hydrogens is 482 g/mol. The summed E-state index contributed by atoms with van der Waals surface area (Å²) in [6, 6.07) is 13.4. The van der Waals surface area contributed by atoms with Crippen LogP contribution in [0.15, 0.2) is 41.3 Å². The third kappa shape index (κ3) is 7.30. The standard InChI is InChI=1S/C26H31NO3S.C5H12O/c1-17-6-8-23(18(2)14-17)27(20-4-3-5-20)31-21-7-9-25-22(15-21)24(28)16-26(30-25)19-10-12-29-13-11-19;1-3-5-6-4-2/h6-9,14-15,19-20,26H,3-5,10-13,16H2,1-2H3;3-5H2,1-2H3. The summed E-state index contributed by atoms with van der Waals surface area (Å²) < 4.78 is 19.2. The lowest BCUT2D eigenvalue weighted by Crippen LogP contribution is -2.37. The summed E-state index contributed by atoms with van der Waals surface area (Å²) in [6.45, 7) is 11.8. The third-order valence-corrected chi connectivity index (χ3v) is 8.62. The van der Waals surface area contributed by atoms with Crippen molar-refractivity contribution in [2.75, 3.05) is 30.7 Å². The molecule has 3 aliphatic rings. The number of anilines is 1. The van der Waals surface area contributed by atoms with E-state index in [0.717, 1.165) is 61.9 Å². The molecule has 202 valence electrons. The Morgan fingerprint density at radius 2 is 1.81 bits per heavy atom. The predicted octanol–water partition coefficient (Wildman–Crippen LogP) is 7.56. The summed E-state index contributed by atoms with van der Waals surface area (Å²) in [4.78, 5) is 14.1. The molecule has 0 radical (unpaired) electrons. The van der Waals surface area contributed by atoms with Gasteiger partial charge in [0.05, 0.1) is 11.3 Å². The zero-order valence-corrected chi connectivity index (χ0v) is 23.8. The van der Waals surface area contributed by atoms with Crippen molar-refractivity contribution in [3.05, 3.63) is 53.1 Å². The predicted molar refractivity (Wildman–Crippen MR) is 152 cm³/mol. The van der Waals surface area contributed by atoms with Crippen LogP contribution in [0.3, 0.4) is 0 Å². The van der Waals surface area contributed by atoms with Crippen molar-refractivity contribution in [3.63, 3.8) is 0 Å². The summed E-state index contributed by atoms with van der Waals surface area (Å²) in [5, 5.41) is 0. The molecule has 1 saturated carbocycles. The number of hydrogen-bond donors (Lipinski definition) is 0. The average Bonchev–Trinajstić information content (AvgIpc) is 2.87. The van der Waals surface area contributed by atoms with Crippen LogP contribution in [0.2, 0.25) is 0 Å². The van der Waals surface area contributed by atoms with Gasteiger partial charge in [0.2, 0.25) is 0 Å². The first kappa shape index (κ1) is 28.0. The minimum absolute atomic E-state index is 0.0101. The quantitative estimate of drug-likeness (QED) is 0.262. The lowest BCUT2D eigenvalue weighted by molar-refractivity contribution is 0.0119. The number of ether oxygens (including phenoxy) is 3. The van der Waals surface area contributed by atoms with E-state index >= 15 is 0 Å². The van der Waals surface area contributed by atoms with Gasteiger partial charge in [0.1, 0.15) is 11.9 Å². The molecule has 1 aliphatic carbocycles. The molecule has 2 aromatic carbocycles. The first-order valence-corrected chi connectivity index (χ1v) is 14.8. The van der Waals surface area contributed by atoms with Crippen molar-refractivity contribution < 1.29 is 19.0 Å². The fraction of sp³-hybridized carbons (Fsp3) is 0.581. The Labute approximate surface area is 227 Å². The largest absolute Gasteiger partial charge is 0.489 e. The monoisotopic (exact) mass is 525 g/mol. The second kappa shape index (κ2) is 13.7. The van der Waals surface area contributed by atoms with Crippen molar-refractivity contribution in [1.29, 1.82) is 0 Å². The smallest absolute Gasteiger partial charge is 0.170 e. The fourth-order valence-electron chi connectivity index (χ4n) is 5.13. The number of hydrogen-bond acceptors (Lipinski definition) is 6. The number of carbonyl (C=O) groups is 1. The van der Waals surface area contributed by atoms with Gasteiger partial charge in [0.25, 0.3) is 0 Å². The summed E-state index contributed by atoms with van der Waals surface area (Å²) in [6.07, 6.45) is 7.30. The maximum atomic E-state index is 13.0. The van der Waals surface area contributed by atoms with Crippen LogP contribution in [0, 0.1) is 19.8 Å². The Balaban J connectivity index is 0.000000480. The van der Waals surface area contributed by atoms with Crippen LogP contribution in [0.1, 0.15) is 80.3 Å². The number of aryl methyl sites for hydroxylation is 2. The van der Waals surface area contributed by atoms with Crippen LogP contribution < -0.4 is 9.04 Å². The van der Waals surface area contributed by atoms with Gasteiger partial charge in [-0.05, 0) is 101 Å². The van der Waals surface area contributed by atoms with E-state index in [0.29, 0.717) is 18.4 Å². The molecule has 37 heavy (non-hydrogen) atoms. The maximum absolute atomic E-state index is 13.0. The van der Waals surface area contributed by atoms with Gasteiger partial charge in [-0.25, -0.2) is 0 Å². The first-order valence-electron chi connectivity index (χ1n) is 14.0. The van der Waals surface area contributed by atoms with Gasteiger partial charge in [0.15, 0.2) is 5.78 Å². The number of Topliss-reactive ketones (excluding diaryl/α,β-unsaturated/α-hetero) is 1. The summed E-state index contributed by atoms with van der Waals surface area (Å²) >= 11 is 1.76. The SMILES string of the molecule is CCCOCC.Cc1ccc(N(Sc2ccc3c(c2)C(=O)CC(C2CCOCC2)O3)C2CCC2)c(C)c1. The normalized spacial score (nSPS) is 19.8. The minimum atomic E-state index is -0.0101. The Morgan fingerprint density at radius 3 is 2.43 bits per heavy atom. The molecule has 1 saturated heterocycles. The lowest BCUT2D eigenvalue weighted by atomic mass is 9.87. The van der Waals surface area contributed by atoms with Crippen molar-refractivity contribution in [2.24, 2.45) is 5.92 Å². The number of nitrogens with zero attached hydrogens (tertiary/aromatic N) is 1. The number of rotatable bonds is 8. The van der Waals surface area contributed by atoms with E-state index in [2.05, 4.69) is 49.3 Å². The zero-order valence-electron chi connectivity index (χ0n) is 23.0. The second-order valence-corrected chi connectivity index (χ2v) is 11.4. The molecule has 0 N–H and O–H groups in total. The molecule has 2 aliphatic heterocycles. The number of benzene rings is 2. The van der Waals surface area contributed by atoms with Gasteiger partial charge in [-0.3, -0.25) is 4.79 Å². The van der Waals surface area contributed by atoms with Crippen LogP contribution >= 0.6 is 11.9 Å². The number of ketones is 1. The molecule has 2 aromatic rings. The van der Waals surface area contributed by atoms with E-state index in [9.17, 15) is 4.79 Å². The van der Waals surface area contributed by atoms with Gasteiger partial charge in [0, 0.05) is 49.7 Å². The molecule has 0 amide bonds. The zero-order chi connectivity index (χ0) is 26.2. The van der Waals surface area contributed by atoms with Crippen LogP contribution in [0.25, 0.3) is 0 Å². The van der Waals surface area contributed by atoms with E-state index < -0.39 is 0 Å². The van der Waals surface area contributed by atoms with E-state index in [1.165, 1.54) is 36.1 Å². The number of fused-ring (bicyclic) bond motifs is 1. The van der Waals surface area contributed by atoms with E-state index in [1.807, 2.05) is 19.1 Å². The summed E-state index contributed by atoms with van der Waals surface area (Å²) in [5.41, 5.74) is 4.61. The van der Waals surface area contributed by atoms with Crippen LogP contribution in [0.5, 0.6) is 5.75 Å². The first-order chi connectivity index (χ1) is 18.0. The molecule has 6 heteroatoms. The lowest BCUT2D eigenvalue weighted by Gasteiger charge is -2.39. The molecule has 1 atom stereocenters. The Bertz CT molecular complexity index is 1030. The van der Waals surface area contributed by atoms with Crippen LogP contribution in [0.4, 0.5) is 5.69 Å². The van der Waals surface area contributed by atoms with Gasteiger partial charge in [-0.1, -0.05) is 24.6 Å². The van der Waals surface area contributed by atoms with Crippen molar-refractivity contribution in [3.8, 4) is 5.75 Å². The summed E-state index contributed by atoms with van der Waals surface area (Å²) in [7, 11) is 0. The highest BCUT2D eigenvalue weighted by molar-refractivity contribution is 8.00. The Hall–Kier alpha value is -2.02. The molecule has 5 rings (SSSR count). The molecule has 0 spiro atoms. The van der Waals surface area contributed by atoms with E-state index in [-0.39, 0.29) is 11.9 Å². The van der Waals surface area contributed by atoms with Crippen molar-refractivity contribution in [1.82, 2.24) is 0 Å². The van der Waals surface area contributed by atoms with Gasteiger partial charge < -0.3 is 18.5 Å². The highest BCUT2D eigenvalue weighted by Crippen LogP contribution is 2.42. The molecule has 5 nitrogen and oxygen atoms in total. The molecular formula is C31H43NO4S. The topological polar surface area (TPSA) is 48.0 Å². The molecule has 2 fully saturated rings. The van der Waals surface area contributed by atoms with Crippen molar-refractivity contribution >= 4 is 23.4 Å². The van der Waals surface area contributed by atoms with Crippen molar-refractivity contribution in [2.45, 2.75) is 89.7 Å². The minimum Gasteiger partial charge on any atom is -0.489 e. The second-order valence-electron chi connectivity index (χ2n) is 10.4. The average molecular weight is 526 g/mol. The van der Waals surface area contributed by atoms with Gasteiger partial charge in [-0.2, -0.15) is 0 Å². The Morgan fingerprint density at radius 1 is 1.03 bits per heavy atom. The highest BCUT2D eigenvalue weighted by atomic mass is 32.2. The van der Waals surface area contributed by atoms with E-state index in [4.69, 9.17) is 14.2 Å².